The van der Waals surface area contributed by atoms with Gasteiger partial charge in [-0.1, -0.05) is 145 Å². The first kappa shape index (κ1) is 27.3. The predicted molar refractivity (Wildman–Crippen MR) is 230 cm³/mol. The Morgan fingerprint density at radius 2 is 1.02 bits per heavy atom. The minimum atomic E-state index is -0.497. The van der Waals surface area contributed by atoms with Gasteiger partial charge in [-0.25, -0.2) is 24.9 Å². The fourth-order valence-electron chi connectivity index (χ4n) is 7.43. The Kier molecular flexibility index (Phi) is 6.42. The van der Waals surface area contributed by atoms with E-state index in [2.05, 4.69) is 53.1 Å². The highest BCUT2D eigenvalue weighted by Crippen LogP contribution is 2.41. The van der Waals surface area contributed by atoms with Crippen molar-refractivity contribution in [2.24, 2.45) is 0 Å². The molecule has 0 aliphatic rings. The second kappa shape index (κ2) is 13.2. The van der Waals surface area contributed by atoms with Crippen LogP contribution in [0, 0.1) is 0 Å². The molecule has 0 N–H and O–H groups in total. The number of thiophene rings is 1. The summed E-state index contributed by atoms with van der Waals surface area (Å²) in [5.41, 5.74) is 7.19. The van der Waals surface area contributed by atoms with Crippen LogP contribution in [0.25, 0.3) is 105 Å². The normalized spacial score (nSPS) is 12.8. The summed E-state index contributed by atoms with van der Waals surface area (Å²) < 4.78 is 47.4. The molecule has 7 heteroatoms. The first-order valence-corrected chi connectivity index (χ1v) is 18.9. The average Bonchev–Trinajstić information content (AvgIpc) is 3.86. The summed E-state index contributed by atoms with van der Waals surface area (Å²) in [6.45, 7) is 0. The van der Waals surface area contributed by atoms with Gasteiger partial charge in [0.15, 0.2) is 23.3 Å². The van der Waals surface area contributed by atoms with Crippen molar-refractivity contribution >= 4 is 53.4 Å². The Morgan fingerprint density at radius 1 is 0.446 bits per heavy atom. The topological polar surface area (TPSA) is 69.4 Å². The van der Waals surface area contributed by atoms with Gasteiger partial charge >= 0.3 is 0 Å². The summed E-state index contributed by atoms with van der Waals surface area (Å²) in [7, 11) is 0. The number of nitrogens with zero attached hydrogens (tertiary/aromatic N) is 6. The molecule has 0 bridgehead atoms. The summed E-state index contributed by atoms with van der Waals surface area (Å²) in [4.78, 5) is 25.4. The van der Waals surface area contributed by atoms with Crippen molar-refractivity contribution in [3.63, 3.8) is 0 Å². The van der Waals surface area contributed by atoms with Gasteiger partial charge in [-0.15, -0.1) is 11.3 Å². The second-order valence-electron chi connectivity index (χ2n) is 13.3. The highest BCUT2D eigenvalue weighted by molar-refractivity contribution is 7.26. The van der Waals surface area contributed by atoms with Gasteiger partial charge < -0.3 is 4.57 Å². The lowest BCUT2D eigenvalue weighted by molar-refractivity contribution is 1.06. The molecule has 0 unspecified atom stereocenters. The number of hydrogen-bond acceptors (Lipinski definition) is 6. The van der Waals surface area contributed by atoms with Gasteiger partial charge in [-0.2, -0.15) is 0 Å². The Labute approximate surface area is 333 Å². The van der Waals surface area contributed by atoms with E-state index in [-0.39, 0.29) is 23.0 Å². The molecule has 0 aliphatic heterocycles. The van der Waals surface area contributed by atoms with E-state index in [0.29, 0.717) is 22.5 Å². The maximum Gasteiger partial charge on any atom is 0.166 e. The summed E-state index contributed by atoms with van der Waals surface area (Å²) in [6.07, 6.45) is 0. The quantitative estimate of drug-likeness (QED) is 0.170. The Morgan fingerprint density at radius 3 is 1.73 bits per heavy atom. The predicted octanol–water partition coefficient (Wildman–Crippen LogP) is 12.5. The van der Waals surface area contributed by atoms with Crippen LogP contribution < -0.4 is 0 Å². The van der Waals surface area contributed by atoms with Crippen molar-refractivity contribution in [2.75, 3.05) is 0 Å². The van der Waals surface area contributed by atoms with Crippen LogP contribution >= 0.6 is 11.3 Å². The average molecular weight is 740 g/mol. The lowest BCUT2D eigenvalue weighted by atomic mass is 10.0. The molecule has 0 fully saturated rings. The second-order valence-corrected chi connectivity index (χ2v) is 14.4. The molecule has 4 aromatic heterocycles. The summed E-state index contributed by atoms with van der Waals surface area (Å²) in [6, 6.07) is 48.0. The molecule has 0 atom stereocenters. The SMILES string of the molecule is [2H]c1c([2H])c([2H])c(-c2nc(-c3ccccc3)nc(-c3cc(-c4nc(-c5ccccc5)c5sc6ccccc6c5n4)ccc3-n3c4ccccc4c4ccccc43)n2)c([2H])c1[2H]. The van der Waals surface area contributed by atoms with E-state index in [9.17, 15) is 0 Å². The van der Waals surface area contributed by atoms with E-state index in [1.54, 1.807) is 11.3 Å². The van der Waals surface area contributed by atoms with Gasteiger partial charge in [0.2, 0.25) is 0 Å². The Balaban J connectivity index is 1.24. The van der Waals surface area contributed by atoms with Crippen molar-refractivity contribution in [1.82, 2.24) is 29.5 Å². The highest BCUT2D eigenvalue weighted by atomic mass is 32.1. The van der Waals surface area contributed by atoms with Crippen LogP contribution in [0.2, 0.25) is 0 Å². The van der Waals surface area contributed by atoms with Gasteiger partial charge in [0.1, 0.15) is 0 Å². The molecule has 6 nitrogen and oxygen atoms in total. The van der Waals surface area contributed by atoms with E-state index in [1.165, 1.54) is 0 Å². The molecule has 0 saturated carbocycles. The summed E-state index contributed by atoms with van der Waals surface area (Å²) >= 11 is 1.67. The molecular weight excluding hydrogens is 705 g/mol. The van der Waals surface area contributed by atoms with Crippen LogP contribution in [0.4, 0.5) is 0 Å². The number of aromatic nitrogens is 6. The van der Waals surface area contributed by atoms with Gasteiger partial charge in [0.05, 0.1) is 39.5 Å². The number of rotatable bonds is 6. The molecule has 0 amide bonds. The molecule has 4 heterocycles. The standard InChI is InChI=1S/C49H30N6S/c1-4-16-31(17-5-1)43-45-44(37-24-12-15-27-42(37)56-45)51-48(50-43)34-28-29-41(55-39-25-13-10-22-35(39)36-23-11-14-26-40(36)55)38(30-34)49-53-46(32-18-6-2-7-19-32)52-47(54-49)33-20-8-3-9-21-33/h1-30H/i2D,6D,7D,18D,19D. The largest absolute Gasteiger partial charge is 0.309 e. The van der Waals surface area contributed by atoms with Crippen LogP contribution in [-0.4, -0.2) is 29.5 Å². The molecule has 56 heavy (non-hydrogen) atoms. The van der Waals surface area contributed by atoms with E-state index < -0.39 is 30.2 Å². The molecule has 0 radical (unpaired) electrons. The third kappa shape index (κ3) is 5.36. The minimum absolute atomic E-state index is 0.0480. The van der Waals surface area contributed by atoms with Crippen LogP contribution in [0.15, 0.2) is 182 Å². The maximum absolute atomic E-state index is 8.91. The highest BCUT2D eigenvalue weighted by Gasteiger charge is 2.22. The molecule has 0 aliphatic carbocycles. The first-order chi connectivity index (χ1) is 29.8. The van der Waals surface area contributed by atoms with Crippen molar-refractivity contribution in [3.05, 3.63) is 182 Å². The zero-order chi connectivity index (χ0) is 41.4. The third-order valence-electron chi connectivity index (χ3n) is 9.97. The zero-order valence-electron chi connectivity index (χ0n) is 34.5. The summed E-state index contributed by atoms with van der Waals surface area (Å²) in [5.74, 6) is 0.973. The van der Waals surface area contributed by atoms with Gasteiger partial charge in [0.25, 0.3) is 0 Å². The van der Waals surface area contributed by atoms with Crippen molar-refractivity contribution in [3.8, 4) is 62.5 Å². The molecule has 11 rings (SSSR count). The minimum Gasteiger partial charge on any atom is -0.309 e. The molecule has 0 saturated heterocycles. The van der Waals surface area contributed by atoms with E-state index in [1.807, 2.05) is 103 Å². The van der Waals surface area contributed by atoms with E-state index in [4.69, 9.17) is 31.8 Å². The zero-order valence-corrected chi connectivity index (χ0v) is 30.3. The van der Waals surface area contributed by atoms with Gasteiger partial charge in [0, 0.05) is 48.7 Å². The first-order valence-electron chi connectivity index (χ1n) is 20.6. The van der Waals surface area contributed by atoms with Gasteiger partial charge in [-0.3, -0.25) is 0 Å². The van der Waals surface area contributed by atoms with Crippen LogP contribution in [0.3, 0.4) is 0 Å². The molecular formula is C49H30N6S. The van der Waals surface area contributed by atoms with Gasteiger partial charge in [-0.05, 0) is 36.4 Å². The smallest absolute Gasteiger partial charge is 0.166 e. The van der Waals surface area contributed by atoms with E-state index in [0.717, 1.165) is 59.1 Å². The van der Waals surface area contributed by atoms with Crippen molar-refractivity contribution in [1.29, 1.82) is 0 Å². The fraction of sp³-hybridized carbons (Fsp3) is 0. The molecule has 262 valence electrons. The number of fused-ring (bicyclic) bond motifs is 6. The monoisotopic (exact) mass is 739 g/mol. The van der Waals surface area contributed by atoms with Crippen LogP contribution in [0.5, 0.6) is 0 Å². The number of hydrogen-bond donors (Lipinski definition) is 0. The summed E-state index contributed by atoms with van der Waals surface area (Å²) in [5, 5.41) is 3.18. The lowest BCUT2D eigenvalue weighted by Crippen LogP contribution is -2.04. The molecule has 11 aromatic rings. The fourth-order valence-corrected chi connectivity index (χ4v) is 8.58. The molecule has 7 aromatic carbocycles. The lowest BCUT2D eigenvalue weighted by Gasteiger charge is -2.16. The van der Waals surface area contributed by atoms with Crippen LogP contribution in [-0.2, 0) is 0 Å². The Bertz CT molecular complexity index is 3470. The van der Waals surface area contributed by atoms with E-state index >= 15 is 0 Å². The number of benzene rings is 7. The molecule has 0 spiro atoms. The number of para-hydroxylation sites is 2. The maximum atomic E-state index is 8.91. The van der Waals surface area contributed by atoms with Crippen molar-refractivity contribution in [2.45, 2.75) is 0 Å². The Hall–Kier alpha value is -7.35. The van der Waals surface area contributed by atoms with Crippen molar-refractivity contribution < 1.29 is 6.85 Å². The van der Waals surface area contributed by atoms with Crippen LogP contribution in [0.1, 0.15) is 6.85 Å². The third-order valence-corrected chi connectivity index (χ3v) is 11.1.